The van der Waals surface area contributed by atoms with E-state index in [4.69, 9.17) is 26.8 Å². The van der Waals surface area contributed by atoms with E-state index < -0.39 is 0 Å². The van der Waals surface area contributed by atoms with E-state index >= 15 is 0 Å². The average Bonchev–Trinajstić information content (AvgIpc) is 2.88. The Morgan fingerprint density at radius 1 is 1.25 bits per heavy atom. The molecule has 0 bridgehead atoms. The Morgan fingerprint density at radius 3 is 2.75 bits per heavy atom. The summed E-state index contributed by atoms with van der Waals surface area (Å²) in [4.78, 5) is 16.8. The highest BCUT2D eigenvalue weighted by Crippen LogP contribution is 2.28. The first-order chi connectivity index (χ1) is 11.6. The van der Waals surface area contributed by atoms with Crippen molar-refractivity contribution in [2.45, 2.75) is 20.1 Å². The van der Waals surface area contributed by atoms with E-state index in [9.17, 15) is 0 Å². The van der Waals surface area contributed by atoms with Crippen molar-refractivity contribution >= 4 is 28.7 Å². The van der Waals surface area contributed by atoms with Crippen LogP contribution >= 0.6 is 11.6 Å². The molecule has 0 aromatic carbocycles. The van der Waals surface area contributed by atoms with Crippen LogP contribution in [0.2, 0.25) is 5.15 Å². The van der Waals surface area contributed by atoms with E-state index in [0.717, 1.165) is 16.8 Å². The molecule has 0 aliphatic heterocycles. The number of rotatable bonds is 5. The summed E-state index contributed by atoms with van der Waals surface area (Å²) in [6.45, 7) is 2.69. The lowest BCUT2D eigenvalue weighted by Gasteiger charge is -2.16. The molecule has 126 valence electrons. The van der Waals surface area contributed by atoms with E-state index in [-0.39, 0.29) is 5.15 Å². The third-order valence-electron chi connectivity index (χ3n) is 3.74. The van der Waals surface area contributed by atoms with Gasteiger partial charge < -0.3 is 15.2 Å². The second-order valence-corrected chi connectivity index (χ2v) is 5.56. The van der Waals surface area contributed by atoms with Crippen molar-refractivity contribution in [3.05, 3.63) is 34.5 Å². The summed E-state index contributed by atoms with van der Waals surface area (Å²) in [5.74, 6) is 1.00. The van der Waals surface area contributed by atoms with Gasteiger partial charge in [-0.15, -0.1) is 0 Å². The van der Waals surface area contributed by atoms with Gasteiger partial charge in [0.2, 0.25) is 5.95 Å². The Morgan fingerprint density at radius 2 is 2.04 bits per heavy atom. The molecule has 0 spiro atoms. The highest BCUT2D eigenvalue weighted by Gasteiger charge is 2.18. The second-order valence-electron chi connectivity index (χ2n) is 5.21. The fourth-order valence-electron chi connectivity index (χ4n) is 2.64. The van der Waals surface area contributed by atoms with Crippen LogP contribution in [0, 0.1) is 6.92 Å². The fourth-order valence-corrected chi connectivity index (χ4v) is 2.81. The van der Waals surface area contributed by atoms with Crippen molar-refractivity contribution in [2.75, 3.05) is 20.0 Å². The van der Waals surface area contributed by atoms with E-state index in [0.29, 0.717) is 36.0 Å². The molecule has 0 saturated heterocycles. The first-order valence-electron chi connectivity index (χ1n) is 7.19. The molecule has 0 unspecified atom stereocenters. The number of nitrogens with zero attached hydrogens (tertiary/aromatic N) is 5. The summed E-state index contributed by atoms with van der Waals surface area (Å²) < 4.78 is 12.5. The van der Waals surface area contributed by atoms with Crippen molar-refractivity contribution in [2.24, 2.45) is 0 Å². The number of aromatic nitrogens is 5. The van der Waals surface area contributed by atoms with Gasteiger partial charge in [-0.3, -0.25) is 9.55 Å². The molecule has 3 aromatic rings. The van der Waals surface area contributed by atoms with Gasteiger partial charge in [-0.05, 0) is 12.5 Å². The van der Waals surface area contributed by atoms with Crippen LogP contribution in [-0.4, -0.2) is 38.7 Å². The lowest BCUT2D eigenvalue weighted by molar-refractivity contribution is 0.180. The smallest absolute Gasteiger partial charge is 0.202 e. The number of aryl methyl sites for hydroxylation is 1. The molecule has 0 aliphatic rings. The summed E-state index contributed by atoms with van der Waals surface area (Å²) in [5.41, 5.74) is 9.68. The molecular weight excluding hydrogens is 332 g/mol. The minimum Gasteiger partial charge on any atom is -0.494 e. The maximum absolute atomic E-state index is 6.06. The first-order valence-corrected chi connectivity index (χ1v) is 7.57. The van der Waals surface area contributed by atoms with Crippen LogP contribution in [0.15, 0.2) is 12.5 Å². The molecule has 9 heteroatoms. The average molecular weight is 349 g/mol. The number of methoxy groups -OCH3 is 2. The third-order valence-corrected chi connectivity index (χ3v) is 4.02. The standard InChI is InChI=1S/C15H17ClN6O2/c1-8-12(24-3)10(6-23-2)9(4-18-8)5-22-14-11(21-15(22)17)13(16)19-7-20-14/h4,7H,5-6H2,1-3H3,(H2,17,21). The van der Waals surface area contributed by atoms with Gasteiger partial charge in [0.15, 0.2) is 10.8 Å². The second kappa shape index (κ2) is 6.58. The Hall–Kier alpha value is -2.45. The molecule has 3 rings (SSSR count). The largest absolute Gasteiger partial charge is 0.494 e. The lowest BCUT2D eigenvalue weighted by Crippen LogP contribution is -2.10. The highest BCUT2D eigenvalue weighted by atomic mass is 35.5. The molecule has 0 fully saturated rings. The maximum Gasteiger partial charge on any atom is 0.202 e. The zero-order valence-electron chi connectivity index (χ0n) is 13.6. The number of ether oxygens (including phenoxy) is 2. The lowest BCUT2D eigenvalue weighted by atomic mass is 10.1. The van der Waals surface area contributed by atoms with Crippen LogP contribution < -0.4 is 10.5 Å². The molecule has 0 saturated carbocycles. The predicted octanol–water partition coefficient (Wildman–Crippen LogP) is 1.97. The SMILES string of the molecule is COCc1c(Cn2c(N)nc3c(Cl)ncnc32)cnc(C)c1OC. The number of anilines is 1. The van der Waals surface area contributed by atoms with Gasteiger partial charge in [0.25, 0.3) is 0 Å². The molecule has 0 atom stereocenters. The van der Waals surface area contributed by atoms with Gasteiger partial charge in [0, 0.05) is 18.9 Å². The van der Waals surface area contributed by atoms with Crippen molar-refractivity contribution in [1.82, 2.24) is 24.5 Å². The van der Waals surface area contributed by atoms with Crippen molar-refractivity contribution < 1.29 is 9.47 Å². The Balaban J connectivity index is 2.12. The number of hydrogen-bond acceptors (Lipinski definition) is 7. The maximum atomic E-state index is 6.06. The monoisotopic (exact) mass is 348 g/mol. The molecular formula is C15H17ClN6O2. The number of fused-ring (bicyclic) bond motifs is 1. The Bertz CT molecular complexity index is 895. The van der Waals surface area contributed by atoms with Crippen LogP contribution in [0.1, 0.15) is 16.8 Å². The summed E-state index contributed by atoms with van der Waals surface area (Å²) in [6.07, 6.45) is 3.16. The normalized spacial score (nSPS) is 11.2. The number of hydrogen-bond donors (Lipinski definition) is 1. The number of imidazole rings is 1. The van der Waals surface area contributed by atoms with Gasteiger partial charge in [0.1, 0.15) is 17.6 Å². The summed E-state index contributed by atoms with van der Waals surface area (Å²) >= 11 is 6.06. The minimum atomic E-state index is 0.266. The van der Waals surface area contributed by atoms with E-state index in [2.05, 4.69) is 19.9 Å². The van der Waals surface area contributed by atoms with Gasteiger partial charge >= 0.3 is 0 Å². The van der Waals surface area contributed by atoms with Gasteiger partial charge in [-0.1, -0.05) is 11.6 Å². The van der Waals surface area contributed by atoms with Gasteiger partial charge in [-0.2, -0.15) is 0 Å². The molecule has 3 heterocycles. The Kier molecular flexibility index (Phi) is 4.50. The molecule has 0 amide bonds. The predicted molar refractivity (Wildman–Crippen MR) is 90.1 cm³/mol. The van der Waals surface area contributed by atoms with Crippen LogP contribution in [0.25, 0.3) is 11.2 Å². The molecule has 8 nitrogen and oxygen atoms in total. The molecule has 2 N–H and O–H groups in total. The number of nitrogen functional groups attached to an aromatic ring is 1. The van der Waals surface area contributed by atoms with Crippen LogP contribution in [0.3, 0.4) is 0 Å². The first kappa shape index (κ1) is 16.4. The zero-order chi connectivity index (χ0) is 17.3. The number of pyridine rings is 1. The zero-order valence-corrected chi connectivity index (χ0v) is 14.3. The number of halogens is 1. The van der Waals surface area contributed by atoms with Crippen LogP contribution in [0.5, 0.6) is 5.75 Å². The summed E-state index contributed by atoms with van der Waals surface area (Å²) in [6, 6.07) is 0. The van der Waals surface area contributed by atoms with Crippen LogP contribution in [-0.2, 0) is 17.9 Å². The number of nitrogens with two attached hydrogens (primary N) is 1. The summed E-state index contributed by atoms with van der Waals surface area (Å²) in [5, 5.41) is 0.266. The highest BCUT2D eigenvalue weighted by molar-refractivity contribution is 6.33. The topological polar surface area (TPSA) is 101 Å². The molecule has 24 heavy (non-hydrogen) atoms. The van der Waals surface area contributed by atoms with Gasteiger partial charge in [-0.25, -0.2) is 15.0 Å². The van der Waals surface area contributed by atoms with Crippen molar-refractivity contribution in [1.29, 1.82) is 0 Å². The van der Waals surface area contributed by atoms with E-state index in [1.165, 1.54) is 6.33 Å². The fraction of sp³-hybridized carbons (Fsp3) is 0.333. The molecule has 3 aromatic heterocycles. The van der Waals surface area contributed by atoms with Gasteiger partial charge in [0.05, 0.1) is 26.0 Å². The molecule has 0 radical (unpaired) electrons. The Labute approximate surface area is 143 Å². The van der Waals surface area contributed by atoms with Crippen LogP contribution in [0.4, 0.5) is 5.95 Å². The summed E-state index contributed by atoms with van der Waals surface area (Å²) in [7, 11) is 3.24. The van der Waals surface area contributed by atoms with Crippen molar-refractivity contribution in [3.8, 4) is 5.75 Å². The minimum absolute atomic E-state index is 0.266. The van der Waals surface area contributed by atoms with Crippen molar-refractivity contribution in [3.63, 3.8) is 0 Å². The quantitative estimate of drug-likeness (QED) is 0.703. The third kappa shape index (κ3) is 2.74. The van der Waals surface area contributed by atoms with E-state index in [1.807, 2.05) is 6.92 Å². The molecule has 0 aliphatic carbocycles. The van der Waals surface area contributed by atoms with E-state index in [1.54, 1.807) is 25.0 Å².